The van der Waals surface area contributed by atoms with Crippen LogP contribution in [0.2, 0.25) is 5.02 Å². The lowest BCUT2D eigenvalue weighted by molar-refractivity contribution is 0.279. The number of ether oxygens (including phenoxy) is 2. The molecule has 88 valence electrons. The highest BCUT2D eigenvalue weighted by atomic mass is 35.5. The van der Waals surface area contributed by atoms with E-state index >= 15 is 0 Å². The molecule has 0 bridgehead atoms. The number of rotatable bonds is 5. The summed E-state index contributed by atoms with van der Waals surface area (Å²) in [4.78, 5) is 0. The summed E-state index contributed by atoms with van der Waals surface area (Å²) < 4.78 is 10.5. The molecule has 0 aromatic heterocycles. The largest absolute Gasteiger partial charge is 0.493 e. The molecule has 16 heavy (non-hydrogen) atoms. The lowest BCUT2D eigenvalue weighted by Gasteiger charge is -2.12. The van der Waals surface area contributed by atoms with Gasteiger partial charge in [-0.05, 0) is 23.8 Å². The second kappa shape index (κ2) is 6.63. The average Bonchev–Trinajstić information content (AvgIpc) is 2.30. The molecule has 0 aliphatic rings. The van der Waals surface area contributed by atoms with Gasteiger partial charge in [-0.15, -0.1) is 0 Å². The minimum absolute atomic E-state index is 0.0993. The van der Waals surface area contributed by atoms with Crippen LogP contribution < -0.4 is 9.47 Å². The first-order chi connectivity index (χ1) is 7.72. The van der Waals surface area contributed by atoms with Crippen LogP contribution in [-0.2, 0) is 6.61 Å². The van der Waals surface area contributed by atoms with Crippen molar-refractivity contribution in [3.8, 4) is 11.5 Å². The predicted octanol–water partition coefficient (Wildman–Crippen LogP) is 2.97. The zero-order valence-electron chi connectivity index (χ0n) is 8.74. The van der Waals surface area contributed by atoms with Gasteiger partial charge < -0.3 is 14.6 Å². The molecule has 0 unspecified atom stereocenters. The third kappa shape index (κ3) is 3.30. The Morgan fingerprint density at radius 2 is 2.19 bits per heavy atom. The molecule has 1 rings (SSSR count). The molecule has 0 aliphatic heterocycles. The van der Waals surface area contributed by atoms with E-state index in [2.05, 4.69) is 0 Å². The fourth-order valence-corrected chi connectivity index (χ4v) is 1.53. The second-order valence-corrected chi connectivity index (χ2v) is 3.60. The van der Waals surface area contributed by atoms with Crippen molar-refractivity contribution in [3.05, 3.63) is 34.3 Å². The molecule has 0 saturated heterocycles. The maximum absolute atomic E-state index is 9.00. The average molecular weight is 263 g/mol. The molecule has 0 radical (unpaired) electrons. The standard InChI is InChI=1S/C11H12Cl2O3/c1-15-10-6-8(7-14)5-9(13)11(10)16-4-2-3-12/h2-3,5-6,14H,4,7H2,1H3/b3-2+. The van der Waals surface area contributed by atoms with Crippen molar-refractivity contribution in [1.29, 1.82) is 0 Å². The SMILES string of the molecule is COc1cc(CO)cc(Cl)c1OC/C=C/Cl. The Morgan fingerprint density at radius 1 is 1.44 bits per heavy atom. The van der Waals surface area contributed by atoms with Gasteiger partial charge in [0.1, 0.15) is 6.61 Å². The summed E-state index contributed by atoms with van der Waals surface area (Å²) in [5.74, 6) is 0.927. The van der Waals surface area contributed by atoms with Gasteiger partial charge in [-0.1, -0.05) is 23.2 Å². The van der Waals surface area contributed by atoms with E-state index in [1.165, 1.54) is 12.6 Å². The van der Waals surface area contributed by atoms with E-state index in [9.17, 15) is 0 Å². The number of aliphatic hydroxyl groups excluding tert-OH is 1. The third-order valence-corrected chi connectivity index (χ3v) is 2.34. The highest BCUT2D eigenvalue weighted by Crippen LogP contribution is 2.36. The zero-order valence-corrected chi connectivity index (χ0v) is 10.3. The molecule has 1 N–H and O–H groups in total. The van der Waals surface area contributed by atoms with E-state index in [1.807, 2.05) is 0 Å². The van der Waals surface area contributed by atoms with Crippen LogP contribution in [0.25, 0.3) is 0 Å². The van der Waals surface area contributed by atoms with E-state index < -0.39 is 0 Å². The normalized spacial score (nSPS) is 10.8. The minimum atomic E-state index is -0.0993. The Bertz CT molecular complexity index is 378. The lowest BCUT2D eigenvalue weighted by atomic mass is 10.2. The zero-order chi connectivity index (χ0) is 12.0. The molecule has 0 heterocycles. The summed E-state index contributed by atoms with van der Waals surface area (Å²) >= 11 is 11.4. The van der Waals surface area contributed by atoms with E-state index in [4.69, 9.17) is 37.8 Å². The maximum Gasteiger partial charge on any atom is 0.180 e. The van der Waals surface area contributed by atoms with Crippen LogP contribution in [0, 0.1) is 0 Å². The van der Waals surface area contributed by atoms with E-state index in [-0.39, 0.29) is 6.61 Å². The van der Waals surface area contributed by atoms with Crippen LogP contribution in [0.4, 0.5) is 0 Å². The molecule has 0 atom stereocenters. The Hall–Kier alpha value is -0.900. The van der Waals surface area contributed by atoms with Crippen molar-refractivity contribution < 1.29 is 14.6 Å². The molecule has 5 heteroatoms. The number of halogens is 2. The van der Waals surface area contributed by atoms with Gasteiger partial charge >= 0.3 is 0 Å². The Morgan fingerprint density at radius 3 is 2.75 bits per heavy atom. The van der Waals surface area contributed by atoms with Gasteiger partial charge in [0.05, 0.1) is 18.7 Å². The fourth-order valence-electron chi connectivity index (χ4n) is 1.17. The summed E-state index contributed by atoms with van der Waals surface area (Å²) in [5.41, 5.74) is 2.03. The van der Waals surface area contributed by atoms with Crippen molar-refractivity contribution in [2.24, 2.45) is 0 Å². The summed E-state index contributed by atoms with van der Waals surface area (Å²) in [6.45, 7) is 0.204. The Labute approximate surface area is 104 Å². The molecular formula is C11H12Cl2O3. The molecule has 3 nitrogen and oxygen atoms in total. The number of hydrogen-bond donors (Lipinski definition) is 1. The van der Waals surface area contributed by atoms with Gasteiger partial charge in [-0.2, -0.15) is 0 Å². The molecule has 1 aromatic carbocycles. The number of hydrogen-bond acceptors (Lipinski definition) is 3. The summed E-state index contributed by atoms with van der Waals surface area (Å²) in [6, 6.07) is 3.30. The maximum atomic E-state index is 9.00. The van der Waals surface area contributed by atoms with Gasteiger partial charge in [0.2, 0.25) is 0 Å². The number of methoxy groups -OCH3 is 1. The van der Waals surface area contributed by atoms with Crippen LogP contribution >= 0.6 is 23.2 Å². The first kappa shape index (κ1) is 13.2. The molecule has 0 spiro atoms. The molecular weight excluding hydrogens is 251 g/mol. The Kier molecular flexibility index (Phi) is 5.46. The van der Waals surface area contributed by atoms with Crippen LogP contribution in [0.5, 0.6) is 11.5 Å². The van der Waals surface area contributed by atoms with Crippen LogP contribution in [-0.4, -0.2) is 18.8 Å². The third-order valence-electron chi connectivity index (χ3n) is 1.88. The molecule has 0 saturated carbocycles. The summed E-state index contributed by atoms with van der Waals surface area (Å²) in [7, 11) is 1.51. The van der Waals surface area contributed by atoms with Gasteiger partial charge in [0.15, 0.2) is 11.5 Å². The lowest BCUT2D eigenvalue weighted by Crippen LogP contribution is -1.98. The van der Waals surface area contributed by atoms with Gasteiger partial charge in [0.25, 0.3) is 0 Å². The van der Waals surface area contributed by atoms with Crippen molar-refractivity contribution in [3.63, 3.8) is 0 Å². The van der Waals surface area contributed by atoms with Gasteiger partial charge in [-0.25, -0.2) is 0 Å². The molecule has 1 aromatic rings. The van der Waals surface area contributed by atoms with Crippen LogP contribution in [0.3, 0.4) is 0 Å². The highest BCUT2D eigenvalue weighted by Gasteiger charge is 2.11. The number of benzene rings is 1. The van der Waals surface area contributed by atoms with Crippen molar-refractivity contribution in [2.75, 3.05) is 13.7 Å². The molecule has 0 fully saturated rings. The topological polar surface area (TPSA) is 38.7 Å². The van der Waals surface area contributed by atoms with Crippen molar-refractivity contribution in [2.45, 2.75) is 6.61 Å². The Balaban J connectivity index is 2.96. The van der Waals surface area contributed by atoms with E-state index in [0.717, 1.165) is 0 Å². The first-order valence-corrected chi connectivity index (χ1v) is 5.39. The second-order valence-electron chi connectivity index (χ2n) is 2.94. The number of aliphatic hydroxyl groups is 1. The van der Waals surface area contributed by atoms with Crippen LogP contribution in [0.15, 0.2) is 23.7 Å². The van der Waals surface area contributed by atoms with Gasteiger partial charge in [-0.3, -0.25) is 0 Å². The van der Waals surface area contributed by atoms with Crippen LogP contribution in [0.1, 0.15) is 5.56 Å². The first-order valence-electron chi connectivity index (χ1n) is 4.58. The summed E-state index contributed by atoms with van der Waals surface area (Å²) in [6.07, 6.45) is 1.64. The van der Waals surface area contributed by atoms with E-state index in [0.29, 0.717) is 28.7 Å². The van der Waals surface area contributed by atoms with E-state index in [1.54, 1.807) is 18.2 Å². The minimum Gasteiger partial charge on any atom is -0.493 e. The van der Waals surface area contributed by atoms with Gasteiger partial charge in [0, 0.05) is 5.54 Å². The highest BCUT2D eigenvalue weighted by molar-refractivity contribution is 6.32. The predicted molar refractivity (Wildman–Crippen MR) is 64.4 cm³/mol. The monoisotopic (exact) mass is 262 g/mol. The smallest absolute Gasteiger partial charge is 0.180 e. The quantitative estimate of drug-likeness (QED) is 0.887. The van der Waals surface area contributed by atoms with Crippen molar-refractivity contribution >= 4 is 23.2 Å². The summed E-state index contributed by atoms with van der Waals surface area (Å²) in [5, 5.41) is 9.40. The van der Waals surface area contributed by atoms with Crippen molar-refractivity contribution in [1.82, 2.24) is 0 Å². The molecule has 0 aliphatic carbocycles. The molecule has 0 amide bonds. The fraction of sp³-hybridized carbons (Fsp3) is 0.273.